The second-order valence-corrected chi connectivity index (χ2v) is 10.6. The molecule has 0 aliphatic carbocycles. The molecule has 220 valence electrons. The third-order valence-electron chi connectivity index (χ3n) is 5.20. The van der Waals surface area contributed by atoms with Crippen LogP contribution < -0.4 is 0 Å². The molecule has 2 rings (SSSR count). The fraction of sp³-hybridized carbons (Fsp3) is 0.538. The molecule has 2 aromatic rings. The largest absolute Gasteiger partial charge is 0.377 e. The van der Waals surface area contributed by atoms with Gasteiger partial charge in [0.1, 0.15) is 6.10 Å². The minimum atomic E-state index is -3.79. The van der Waals surface area contributed by atoms with E-state index in [1.165, 1.54) is 12.1 Å². The quantitative estimate of drug-likeness (QED) is 0.123. The maximum Gasteiger partial charge on any atom is 0.297 e. The maximum absolute atomic E-state index is 12.1. The van der Waals surface area contributed by atoms with Gasteiger partial charge in [0.05, 0.1) is 77.6 Å². The van der Waals surface area contributed by atoms with Crippen LogP contribution in [0.1, 0.15) is 22.8 Å². The van der Waals surface area contributed by atoms with E-state index in [-0.39, 0.29) is 31.3 Å². The molecular formula is C26H38O11S2. The van der Waals surface area contributed by atoms with E-state index in [1.54, 1.807) is 12.1 Å². The summed E-state index contributed by atoms with van der Waals surface area (Å²) in [5.74, 6) is 0. The van der Waals surface area contributed by atoms with Crippen molar-refractivity contribution in [2.24, 2.45) is 0 Å². The summed E-state index contributed by atoms with van der Waals surface area (Å²) >= 11 is 0. The van der Waals surface area contributed by atoms with Gasteiger partial charge in [-0.25, -0.2) is 8.42 Å². The summed E-state index contributed by atoms with van der Waals surface area (Å²) in [4.78, 5) is 0.115. The Morgan fingerprint density at radius 2 is 1.03 bits per heavy atom. The van der Waals surface area contributed by atoms with Crippen LogP contribution >= 0.6 is 0 Å². The number of thiol groups is 1. The Morgan fingerprint density at radius 3 is 1.49 bits per heavy atom. The van der Waals surface area contributed by atoms with Crippen LogP contribution in [0.25, 0.3) is 0 Å². The predicted molar refractivity (Wildman–Crippen MR) is 144 cm³/mol. The molecule has 0 N–H and O–H groups in total. The second-order valence-electron chi connectivity index (χ2n) is 8.34. The fourth-order valence-corrected chi connectivity index (χ4v) is 4.40. The molecule has 0 radical (unpaired) electrons. The van der Waals surface area contributed by atoms with Crippen molar-refractivity contribution in [1.82, 2.24) is 0 Å². The lowest BCUT2D eigenvalue weighted by atomic mass is 10.1. The summed E-state index contributed by atoms with van der Waals surface area (Å²) in [5, 5.41) is 0. The average Bonchev–Trinajstić information content (AvgIpc) is 2.90. The maximum atomic E-state index is 12.1. The van der Waals surface area contributed by atoms with Crippen molar-refractivity contribution in [2.45, 2.75) is 24.8 Å². The molecule has 1 unspecified atom stereocenters. The van der Waals surface area contributed by atoms with E-state index < -0.39 is 27.2 Å². The number of hydrogen-bond acceptors (Lipinski definition) is 11. The summed E-state index contributed by atoms with van der Waals surface area (Å²) in [6, 6.07) is 13.8. The Morgan fingerprint density at radius 1 is 0.615 bits per heavy atom. The van der Waals surface area contributed by atoms with Gasteiger partial charge in [0.2, 0.25) is 0 Å². The molecule has 13 heteroatoms. The van der Waals surface area contributed by atoms with Gasteiger partial charge in [0, 0.05) is 0 Å². The van der Waals surface area contributed by atoms with E-state index in [0.29, 0.717) is 46.2 Å². The Hall–Kier alpha value is -1.94. The second kappa shape index (κ2) is 19.2. The molecule has 0 bridgehead atoms. The lowest BCUT2D eigenvalue weighted by molar-refractivity contribution is -0.0187. The number of ether oxygens (including phenoxy) is 5. The van der Waals surface area contributed by atoms with Crippen LogP contribution in [0, 0.1) is 13.8 Å². The van der Waals surface area contributed by atoms with Gasteiger partial charge >= 0.3 is 0 Å². The van der Waals surface area contributed by atoms with Crippen LogP contribution in [0.4, 0.5) is 0 Å². The van der Waals surface area contributed by atoms with Crippen molar-refractivity contribution in [1.29, 1.82) is 0 Å². The highest BCUT2D eigenvalue weighted by Gasteiger charge is 2.15. The lowest BCUT2D eigenvalue weighted by Crippen LogP contribution is -2.16. The van der Waals surface area contributed by atoms with Gasteiger partial charge in [-0.1, -0.05) is 47.5 Å². The van der Waals surface area contributed by atoms with Crippen LogP contribution in [0.5, 0.6) is 0 Å². The van der Waals surface area contributed by atoms with Crippen molar-refractivity contribution in [2.75, 3.05) is 72.7 Å². The lowest BCUT2D eigenvalue weighted by Gasteiger charge is -2.15. The van der Waals surface area contributed by atoms with Gasteiger partial charge in [0.15, 0.2) is 0 Å². The minimum absolute atomic E-state index is 0.0765. The van der Waals surface area contributed by atoms with Crippen molar-refractivity contribution in [3.05, 3.63) is 65.2 Å². The number of aryl methyl sites for hydroxylation is 2. The molecule has 0 spiro atoms. The third kappa shape index (κ3) is 14.9. The van der Waals surface area contributed by atoms with Gasteiger partial charge in [-0.05, 0) is 31.5 Å². The topological polar surface area (TPSA) is 133 Å². The van der Waals surface area contributed by atoms with Crippen LogP contribution in [0.15, 0.2) is 53.4 Å². The van der Waals surface area contributed by atoms with Crippen molar-refractivity contribution in [3.8, 4) is 0 Å². The Balaban J connectivity index is 1.38. The predicted octanol–water partition coefficient (Wildman–Crippen LogP) is 2.38. The monoisotopic (exact) mass is 590 g/mol. The zero-order valence-electron chi connectivity index (χ0n) is 22.3. The first-order chi connectivity index (χ1) is 18.8. The van der Waals surface area contributed by atoms with Crippen LogP contribution in [-0.4, -0.2) is 89.5 Å². The molecule has 0 heterocycles. The van der Waals surface area contributed by atoms with E-state index in [9.17, 15) is 16.8 Å². The van der Waals surface area contributed by atoms with Gasteiger partial charge in [0.25, 0.3) is 21.1 Å². The number of hydrogen-bond donors (Lipinski definition) is 1. The van der Waals surface area contributed by atoms with E-state index in [2.05, 4.69) is 0 Å². The Kier molecular flexibility index (Phi) is 16.4. The fourth-order valence-electron chi connectivity index (χ4n) is 3.12. The van der Waals surface area contributed by atoms with Gasteiger partial charge in [-0.15, -0.1) is 0 Å². The summed E-state index contributed by atoms with van der Waals surface area (Å²) in [5.41, 5.74) is 2.75. The van der Waals surface area contributed by atoms with E-state index in [0.717, 1.165) is 16.7 Å². The smallest absolute Gasteiger partial charge is 0.297 e. The molecular weight excluding hydrogens is 552 g/mol. The summed E-state index contributed by atoms with van der Waals surface area (Å²) in [7, 11) is -6.78. The minimum Gasteiger partial charge on any atom is -0.377 e. The molecule has 2 aromatic carbocycles. The standard InChI is InChI=1S/C26H38O11S2/c1-22-3-7-24(8-4-22)26(37-38(27)28)21-35-18-17-33-14-13-31-11-12-32-15-16-34-19-20-36-39(29,30)25-9-5-23(2)6-10-25/h3-10,26,38H,11-21H2,1-2H3. The first-order valence-electron chi connectivity index (χ1n) is 12.5. The molecule has 0 aliphatic rings. The highest BCUT2D eigenvalue weighted by molar-refractivity contribution is 7.86. The van der Waals surface area contributed by atoms with E-state index >= 15 is 0 Å². The first-order valence-corrected chi connectivity index (χ1v) is 15.0. The van der Waals surface area contributed by atoms with Crippen LogP contribution in [-0.2, 0) is 53.2 Å². The van der Waals surface area contributed by atoms with Gasteiger partial charge in [-0.2, -0.15) is 8.42 Å². The average molecular weight is 591 g/mol. The SMILES string of the molecule is Cc1ccc(C(COCCOCCOCCOCCOCCOS(=O)(=O)c2ccc(C)cc2)O[SH](=O)=O)cc1. The molecule has 0 amide bonds. The van der Waals surface area contributed by atoms with Crippen molar-refractivity contribution < 1.29 is 48.9 Å². The third-order valence-corrected chi connectivity index (χ3v) is 6.95. The van der Waals surface area contributed by atoms with E-state index in [1.807, 2.05) is 38.1 Å². The Labute approximate surface area is 232 Å². The van der Waals surface area contributed by atoms with E-state index in [4.69, 9.17) is 32.1 Å². The molecule has 0 fully saturated rings. The van der Waals surface area contributed by atoms with Gasteiger partial charge < -0.3 is 23.7 Å². The molecule has 11 nitrogen and oxygen atoms in total. The molecule has 1 atom stereocenters. The highest BCUT2D eigenvalue weighted by atomic mass is 32.2. The van der Waals surface area contributed by atoms with Crippen LogP contribution in [0.3, 0.4) is 0 Å². The Bertz CT molecular complexity index is 1090. The zero-order valence-corrected chi connectivity index (χ0v) is 24.0. The summed E-state index contributed by atoms with van der Waals surface area (Å²) < 4.78 is 83.0. The zero-order chi connectivity index (χ0) is 28.3. The molecule has 0 aromatic heterocycles. The van der Waals surface area contributed by atoms with Crippen molar-refractivity contribution in [3.63, 3.8) is 0 Å². The number of benzene rings is 2. The molecule has 39 heavy (non-hydrogen) atoms. The summed E-state index contributed by atoms with van der Waals surface area (Å²) in [6.07, 6.45) is -0.700. The number of rotatable bonds is 22. The van der Waals surface area contributed by atoms with Crippen molar-refractivity contribution >= 4 is 21.1 Å². The molecule has 0 saturated carbocycles. The molecule has 0 saturated heterocycles. The normalized spacial score (nSPS) is 12.7. The molecule has 0 aliphatic heterocycles. The summed E-state index contributed by atoms with van der Waals surface area (Å²) in [6.45, 7) is 6.76. The first kappa shape index (κ1) is 33.3. The highest BCUT2D eigenvalue weighted by Crippen LogP contribution is 2.18. The van der Waals surface area contributed by atoms with Crippen LogP contribution in [0.2, 0.25) is 0 Å². The van der Waals surface area contributed by atoms with Gasteiger partial charge in [-0.3, -0.25) is 8.37 Å².